The second kappa shape index (κ2) is 7.09. The first-order chi connectivity index (χ1) is 11.0. The van der Waals surface area contributed by atoms with Gasteiger partial charge in [0.15, 0.2) is 6.23 Å². The summed E-state index contributed by atoms with van der Waals surface area (Å²) in [4.78, 5) is 0. The lowest BCUT2D eigenvalue weighted by Gasteiger charge is -2.34. The van der Waals surface area contributed by atoms with Crippen molar-refractivity contribution < 1.29 is 24.8 Å². The predicted octanol–water partition coefficient (Wildman–Crippen LogP) is 0.0732. The Morgan fingerprint density at radius 3 is 2.70 bits per heavy atom. The topological polar surface area (TPSA) is 110 Å². The Balaban J connectivity index is 1.62. The van der Waals surface area contributed by atoms with E-state index in [2.05, 4.69) is 32.9 Å². The fourth-order valence-corrected chi connectivity index (χ4v) is 2.58. The van der Waals surface area contributed by atoms with Gasteiger partial charge < -0.3 is 24.8 Å². The van der Waals surface area contributed by atoms with Crippen molar-refractivity contribution in [2.24, 2.45) is 0 Å². The van der Waals surface area contributed by atoms with E-state index in [1.54, 1.807) is 6.20 Å². The molecule has 0 unspecified atom stereocenters. The molecule has 0 bridgehead atoms. The number of aliphatic hydroxyl groups excluding tert-OH is 3. The van der Waals surface area contributed by atoms with Crippen LogP contribution >= 0.6 is 22.6 Å². The third-order valence-corrected chi connectivity index (χ3v) is 4.21. The number of hydrogen-bond acceptors (Lipinski definition) is 7. The highest BCUT2D eigenvalue weighted by molar-refractivity contribution is 14.1. The molecule has 0 amide bonds. The van der Waals surface area contributed by atoms with Crippen LogP contribution in [0.1, 0.15) is 11.9 Å². The van der Waals surface area contributed by atoms with E-state index in [1.165, 1.54) is 4.68 Å². The van der Waals surface area contributed by atoms with E-state index in [1.807, 2.05) is 24.3 Å². The molecule has 2 aromatic rings. The van der Waals surface area contributed by atoms with Gasteiger partial charge in [0.2, 0.25) is 0 Å². The zero-order chi connectivity index (χ0) is 16.4. The summed E-state index contributed by atoms with van der Waals surface area (Å²) in [6.45, 7) is 0.131. The van der Waals surface area contributed by atoms with Gasteiger partial charge in [-0.15, -0.1) is 5.10 Å². The average molecular weight is 433 g/mol. The second-order valence-electron chi connectivity index (χ2n) is 5.20. The Labute approximate surface area is 145 Å². The minimum atomic E-state index is -1.29. The smallest absolute Gasteiger partial charge is 0.180 e. The zero-order valence-corrected chi connectivity index (χ0v) is 14.1. The summed E-state index contributed by atoms with van der Waals surface area (Å²) < 4.78 is 13.3. The Bertz CT molecular complexity index is 650. The number of rotatable bonds is 4. The molecular weight excluding hydrogens is 417 g/mol. The standard InChI is InChI=1S/C14H16IN3O5/c15-8-1-3-10(4-2-8)22-6-9-5-18(17-16-9)14-13(21)12(20)11(19)7-23-14/h1-5,11-14,19-21H,6-7H2/t11-,12+,13-,14-/m1/s1. The van der Waals surface area contributed by atoms with Crippen molar-refractivity contribution in [3.05, 3.63) is 39.7 Å². The highest BCUT2D eigenvalue weighted by Gasteiger charge is 2.39. The predicted molar refractivity (Wildman–Crippen MR) is 86.5 cm³/mol. The van der Waals surface area contributed by atoms with E-state index in [0.29, 0.717) is 11.4 Å². The van der Waals surface area contributed by atoms with Crippen LogP contribution in [-0.2, 0) is 11.3 Å². The number of benzene rings is 1. The van der Waals surface area contributed by atoms with E-state index in [9.17, 15) is 15.3 Å². The summed E-state index contributed by atoms with van der Waals surface area (Å²) in [5.41, 5.74) is 0.556. The molecule has 3 N–H and O–H groups in total. The van der Waals surface area contributed by atoms with Gasteiger partial charge in [0.1, 0.15) is 36.4 Å². The lowest BCUT2D eigenvalue weighted by molar-refractivity contribution is -0.214. The third kappa shape index (κ3) is 3.80. The van der Waals surface area contributed by atoms with Crippen molar-refractivity contribution >= 4 is 22.6 Å². The molecule has 1 aliphatic heterocycles. The highest BCUT2D eigenvalue weighted by Crippen LogP contribution is 2.23. The summed E-state index contributed by atoms with van der Waals surface area (Å²) in [6.07, 6.45) is -3.01. The van der Waals surface area contributed by atoms with Crippen molar-refractivity contribution in [1.29, 1.82) is 0 Å². The van der Waals surface area contributed by atoms with Crippen molar-refractivity contribution in [3.63, 3.8) is 0 Å². The lowest BCUT2D eigenvalue weighted by Crippen LogP contribution is -2.50. The minimum Gasteiger partial charge on any atom is -0.487 e. The quantitative estimate of drug-likeness (QED) is 0.586. The molecular formula is C14H16IN3O5. The first-order valence-electron chi connectivity index (χ1n) is 6.99. The molecule has 4 atom stereocenters. The number of aliphatic hydroxyl groups is 3. The van der Waals surface area contributed by atoms with Crippen LogP contribution in [0.3, 0.4) is 0 Å². The first-order valence-corrected chi connectivity index (χ1v) is 8.07. The van der Waals surface area contributed by atoms with Gasteiger partial charge in [-0.2, -0.15) is 0 Å². The summed E-state index contributed by atoms with van der Waals surface area (Å²) in [5, 5.41) is 36.9. The molecule has 8 nitrogen and oxygen atoms in total. The number of aromatic nitrogens is 3. The second-order valence-corrected chi connectivity index (χ2v) is 6.45. The van der Waals surface area contributed by atoms with E-state index in [4.69, 9.17) is 9.47 Å². The van der Waals surface area contributed by atoms with Crippen molar-refractivity contribution in [2.75, 3.05) is 6.61 Å². The SMILES string of the molecule is O[C@@H]1[C@@H](O)[C@H](n2cc(COc3ccc(I)cc3)nn2)OC[C@H]1O. The number of nitrogens with zero attached hydrogens (tertiary/aromatic N) is 3. The summed E-state index contributed by atoms with van der Waals surface area (Å²) >= 11 is 2.21. The first kappa shape index (κ1) is 16.6. The Morgan fingerprint density at radius 1 is 1.22 bits per heavy atom. The lowest BCUT2D eigenvalue weighted by atomic mass is 10.0. The van der Waals surface area contributed by atoms with Crippen molar-refractivity contribution in [2.45, 2.75) is 31.1 Å². The summed E-state index contributed by atoms with van der Waals surface area (Å²) in [7, 11) is 0. The van der Waals surface area contributed by atoms with Gasteiger partial charge in [-0.05, 0) is 46.9 Å². The van der Waals surface area contributed by atoms with E-state index in [-0.39, 0.29) is 13.2 Å². The Hall–Kier alpha value is -1.27. The number of hydrogen-bond donors (Lipinski definition) is 3. The molecule has 1 aromatic carbocycles. The normalized spacial score (nSPS) is 27.8. The van der Waals surface area contributed by atoms with Gasteiger partial charge in [-0.1, -0.05) is 5.21 Å². The van der Waals surface area contributed by atoms with Gasteiger partial charge in [-0.3, -0.25) is 0 Å². The van der Waals surface area contributed by atoms with Crippen molar-refractivity contribution in [1.82, 2.24) is 15.0 Å². The average Bonchev–Trinajstić information content (AvgIpc) is 3.01. The molecule has 0 spiro atoms. The highest BCUT2D eigenvalue weighted by atomic mass is 127. The van der Waals surface area contributed by atoms with Crippen LogP contribution in [0.15, 0.2) is 30.5 Å². The molecule has 1 aromatic heterocycles. The molecule has 3 rings (SSSR count). The van der Waals surface area contributed by atoms with Crippen LogP contribution in [0, 0.1) is 3.57 Å². The molecule has 0 saturated carbocycles. The van der Waals surface area contributed by atoms with Crippen LogP contribution in [0.5, 0.6) is 5.75 Å². The molecule has 2 heterocycles. The molecule has 0 aliphatic carbocycles. The molecule has 1 aliphatic rings. The zero-order valence-electron chi connectivity index (χ0n) is 12.0. The van der Waals surface area contributed by atoms with Crippen LogP contribution in [0.4, 0.5) is 0 Å². The molecule has 9 heteroatoms. The fourth-order valence-electron chi connectivity index (χ4n) is 2.22. The third-order valence-electron chi connectivity index (χ3n) is 3.49. The molecule has 124 valence electrons. The minimum absolute atomic E-state index is 0.0861. The van der Waals surface area contributed by atoms with Gasteiger partial charge in [0, 0.05) is 3.57 Å². The van der Waals surface area contributed by atoms with Crippen LogP contribution in [-0.4, -0.2) is 55.2 Å². The van der Waals surface area contributed by atoms with E-state index >= 15 is 0 Å². The number of ether oxygens (including phenoxy) is 2. The molecule has 1 fully saturated rings. The number of halogens is 1. The maximum atomic E-state index is 9.95. The maximum absolute atomic E-state index is 9.95. The summed E-state index contributed by atoms with van der Waals surface area (Å²) in [5.74, 6) is 0.715. The largest absolute Gasteiger partial charge is 0.487 e. The Kier molecular flexibility index (Phi) is 5.11. The van der Waals surface area contributed by atoms with Crippen LogP contribution in [0.25, 0.3) is 0 Å². The van der Waals surface area contributed by atoms with E-state index < -0.39 is 24.5 Å². The van der Waals surface area contributed by atoms with Crippen LogP contribution in [0.2, 0.25) is 0 Å². The fraction of sp³-hybridized carbons (Fsp3) is 0.429. The Morgan fingerprint density at radius 2 is 1.96 bits per heavy atom. The monoisotopic (exact) mass is 433 g/mol. The van der Waals surface area contributed by atoms with Gasteiger partial charge in [-0.25, -0.2) is 4.68 Å². The molecule has 1 saturated heterocycles. The van der Waals surface area contributed by atoms with Crippen LogP contribution < -0.4 is 4.74 Å². The van der Waals surface area contributed by atoms with Gasteiger partial charge in [0.05, 0.1) is 12.8 Å². The van der Waals surface area contributed by atoms with Crippen molar-refractivity contribution in [3.8, 4) is 5.75 Å². The molecule has 23 heavy (non-hydrogen) atoms. The van der Waals surface area contributed by atoms with Gasteiger partial charge in [0.25, 0.3) is 0 Å². The van der Waals surface area contributed by atoms with Gasteiger partial charge >= 0.3 is 0 Å². The van der Waals surface area contributed by atoms with E-state index in [0.717, 1.165) is 3.57 Å². The maximum Gasteiger partial charge on any atom is 0.180 e. The summed E-state index contributed by atoms with van der Waals surface area (Å²) in [6, 6.07) is 7.59. The molecule has 0 radical (unpaired) electrons.